The highest BCUT2D eigenvalue weighted by Crippen LogP contribution is 2.47. The van der Waals surface area contributed by atoms with Crippen LogP contribution < -0.4 is 0 Å². The molecule has 96 valence electrons. The van der Waals surface area contributed by atoms with Crippen LogP contribution in [0, 0.1) is 5.92 Å². The van der Waals surface area contributed by atoms with Gasteiger partial charge in [0.1, 0.15) is 0 Å². The Hall–Kier alpha value is -0.0100. The van der Waals surface area contributed by atoms with Gasteiger partial charge in [0.2, 0.25) is 0 Å². The van der Waals surface area contributed by atoms with Crippen molar-refractivity contribution >= 4 is 11.6 Å². The highest BCUT2D eigenvalue weighted by atomic mass is 35.5. The molecule has 3 aliphatic rings. The molecule has 0 amide bonds. The molecule has 1 heterocycles. The summed E-state index contributed by atoms with van der Waals surface area (Å²) in [5.74, 6) is 0.767. The Morgan fingerprint density at radius 2 is 2.06 bits per heavy atom. The van der Waals surface area contributed by atoms with E-state index < -0.39 is 0 Å². The van der Waals surface area contributed by atoms with Gasteiger partial charge in [0, 0.05) is 6.61 Å². The fourth-order valence-electron chi connectivity index (χ4n) is 3.67. The van der Waals surface area contributed by atoms with Gasteiger partial charge in [-0.15, -0.1) is 11.6 Å². The van der Waals surface area contributed by atoms with E-state index in [1.165, 1.54) is 57.8 Å². The predicted molar refractivity (Wildman–Crippen MR) is 71.5 cm³/mol. The van der Waals surface area contributed by atoms with Crippen LogP contribution in [0.5, 0.6) is 0 Å². The van der Waals surface area contributed by atoms with Gasteiger partial charge in [0.15, 0.2) is 0 Å². The van der Waals surface area contributed by atoms with Gasteiger partial charge in [-0.05, 0) is 57.3 Å². The van der Waals surface area contributed by atoms with Gasteiger partial charge in [0.05, 0.1) is 11.0 Å². The van der Waals surface area contributed by atoms with Gasteiger partial charge < -0.3 is 4.74 Å². The van der Waals surface area contributed by atoms with Crippen LogP contribution in [0.25, 0.3) is 0 Å². The van der Waals surface area contributed by atoms with Crippen molar-refractivity contribution in [2.24, 2.45) is 5.92 Å². The number of halogens is 1. The Balaban J connectivity index is 1.70. The van der Waals surface area contributed by atoms with Crippen molar-refractivity contribution < 1.29 is 4.74 Å². The molecule has 2 aliphatic carbocycles. The average Bonchev–Trinajstić information content (AvgIpc) is 2.52. The standard InChI is InChI=1S/C15H23ClO/c16-14-5-2-1-4-12(10-14)13-6-9-17-15(11-13)7-3-8-15/h10,13-14H,1-9,11H2. The zero-order valence-corrected chi connectivity index (χ0v) is 11.3. The van der Waals surface area contributed by atoms with Crippen LogP contribution in [0.3, 0.4) is 0 Å². The molecule has 1 aliphatic heterocycles. The summed E-state index contributed by atoms with van der Waals surface area (Å²) in [7, 11) is 0. The summed E-state index contributed by atoms with van der Waals surface area (Å²) in [6, 6.07) is 0. The minimum absolute atomic E-state index is 0.276. The molecular formula is C15H23ClO. The van der Waals surface area contributed by atoms with Gasteiger partial charge in [-0.25, -0.2) is 0 Å². The summed E-state index contributed by atoms with van der Waals surface area (Å²) in [4.78, 5) is 0. The van der Waals surface area contributed by atoms with Crippen molar-refractivity contribution in [2.45, 2.75) is 68.8 Å². The Labute approximate surface area is 110 Å². The summed E-state index contributed by atoms with van der Waals surface area (Å²) in [5, 5.41) is 0.285. The number of hydrogen-bond donors (Lipinski definition) is 0. The summed E-state index contributed by atoms with van der Waals surface area (Å²) in [6.45, 7) is 0.967. The number of ether oxygens (including phenoxy) is 1. The quantitative estimate of drug-likeness (QED) is 0.496. The molecule has 0 aromatic heterocycles. The van der Waals surface area contributed by atoms with Crippen molar-refractivity contribution in [2.75, 3.05) is 6.61 Å². The third-order valence-electron chi connectivity index (χ3n) is 4.87. The molecule has 3 rings (SSSR count). The van der Waals surface area contributed by atoms with Gasteiger partial charge >= 0.3 is 0 Å². The van der Waals surface area contributed by atoms with E-state index >= 15 is 0 Å². The van der Waals surface area contributed by atoms with E-state index in [0.29, 0.717) is 0 Å². The smallest absolute Gasteiger partial charge is 0.0688 e. The van der Waals surface area contributed by atoms with Gasteiger partial charge in [0.25, 0.3) is 0 Å². The monoisotopic (exact) mass is 254 g/mol. The lowest BCUT2D eigenvalue weighted by Gasteiger charge is -2.47. The van der Waals surface area contributed by atoms with E-state index in [9.17, 15) is 0 Å². The maximum atomic E-state index is 6.35. The van der Waals surface area contributed by atoms with Crippen molar-refractivity contribution in [3.8, 4) is 0 Å². The third kappa shape index (κ3) is 2.56. The van der Waals surface area contributed by atoms with Gasteiger partial charge in [-0.2, -0.15) is 0 Å². The Morgan fingerprint density at radius 3 is 2.82 bits per heavy atom. The topological polar surface area (TPSA) is 9.23 Å². The van der Waals surface area contributed by atoms with Gasteiger partial charge in [-0.3, -0.25) is 0 Å². The summed E-state index contributed by atoms with van der Waals surface area (Å²) >= 11 is 6.35. The first kappa shape index (κ1) is 12.0. The SMILES string of the molecule is ClC1C=C(C2CCOC3(CCC3)C2)CCCC1. The second kappa shape index (κ2) is 4.93. The molecule has 2 heteroatoms. The summed E-state index contributed by atoms with van der Waals surface area (Å²) < 4.78 is 6.02. The zero-order valence-electron chi connectivity index (χ0n) is 10.6. The van der Waals surface area contributed by atoms with E-state index in [4.69, 9.17) is 16.3 Å². The average molecular weight is 255 g/mol. The normalized spacial score (nSPS) is 37.1. The maximum absolute atomic E-state index is 6.35. The van der Waals surface area contributed by atoms with Crippen LogP contribution in [-0.4, -0.2) is 17.6 Å². The van der Waals surface area contributed by atoms with Gasteiger partial charge in [-0.1, -0.05) is 18.1 Å². The molecule has 17 heavy (non-hydrogen) atoms. The fourth-order valence-corrected chi connectivity index (χ4v) is 3.99. The van der Waals surface area contributed by atoms with Crippen molar-refractivity contribution in [1.82, 2.24) is 0 Å². The lowest BCUT2D eigenvalue weighted by Crippen LogP contribution is -2.45. The Kier molecular flexibility index (Phi) is 3.49. The Bertz CT molecular complexity index is 306. The zero-order chi connectivity index (χ0) is 11.7. The van der Waals surface area contributed by atoms with Crippen LogP contribution in [0.2, 0.25) is 0 Å². The van der Waals surface area contributed by atoms with Crippen molar-refractivity contribution in [3.05, 3.63) is 11.6 Å². The summed E-state index contributed by atoms with van der Waals surface area (Å²) in [6.07, 6.45) is 13.9. The van der Waals surface area contributed by atoms with Crippen LogP contribution >= 0.6 is 11.6 Å². The summed E-state index contributed by atoms with van der Waals surface area (Å²) in [5.41, 5.74) is 1.93. The first-order valence-electron chi connectivity index (χ1n) is 7.26. The number of rotatable bonds is 1. The molecule has 2 unspecified atom stereocenters. The van der Waals surface area contributed by atoms with E-state index in [1.807, 2.05) is 0 Å². The maximum Gasteiger partial charge on any atom is 0.0688 e. The number of allylic oxidation sites excluding steroid dienone is 2. The predicted octanol–water partition coefficient (Wildman–Crippen LogP) is 4.44. The van der Waals surface area contributed by atoms with Crippen LogP contribution in [-0.2, 0) is 4.74 Å². The van der Waals surface area contributed by atoms with Crippen molar-refractivity contribution in [1.29, 1.82) is 0 Å². The molecule has 1 spiro atoms. The molecule has 0 aromatic rings. The molecule has 0 bridgehead atoms. The minimum atomic E-state index is 0.276. The highest BCUT2D eigenvalue weighted by molar-refractivity contribution is 6.21. The molecule has 0 N–H and O–H groups in total. The molecular weight excluding hydrogens is 232 g/mol. The molecule has 2 fully saturated rings. The molecule has 0 radical (unpaired) electrons. The van der Waals surface area contributed by atoms with Crippen molar-refractivity contribution in [3.63, 3.8) is 0 Å². The van der Waals surface area contributed by atoms with Crippen LogP contribution in [0.1, 0.15) is 57.8 Å². The molecule has 1 saturated heterocycles. The minimum Gasteiger partial charge on any atom is -0.375 e. The molecule has 0 aromatic carbocycles. The van der Waals surface area contributed by atoms with Crippen LogP contribution in [0.4, 0.5) is 0 Å². The largest absolute Gasteiger partial charge is 0.375 e. The fraction of sp³-hybridized carbons (Fsp3) is 0.867. The third-order valence-corrected chi connectivity index (χ3v) is 5.22. The van der Waals surface area contributed by atoms with E-state index in [0.717, 1.165) is 12.5 Å². The lowest BCUT2D eigenvalue weighted by molar-refractivity contribution is -0.139. The van der Waals surface area contributed by atoms with Crippen LogP contribution in [0.15, 0.2) is 11.6 Å². The molecule has 2 atom stereocenters. The molecule has 1 saturated carbocycles. The van der Waals surface area contributed by atoms with E-state index in [2.05, 4.69) is 6.08 Å². The van der Waals surface area contributed by atoms with E-state index in [-0.39, 0.29) is 11.0 Å². The molecule has 1 nitrogen and oxygen atoms in total. The number of hydrogen-bond acceptors (Lipinski definition) is 1. The second-order valence-electron chi connectivity index (χ2n) is 6.08. The second-order valence-corrected chi connectivity index (χ2v) is 6.64. The first-order valence-corrected chi connectivity index (χ1v) is 7.70. The number of alkyl halides is 1. The Morgan fingerprint density at radius 1 is 1.18 bits per heavy atom. The lowest BCUT2D eigenvalue weighted by atomic mass is 9.70. The first-order chi connectivity index (χ1) is 8.27. The van der Waals surface area contributed by atoms with E-state index in [1.54, 1.807) is 5.57 Å². The highest BCUT2D eigenvalue weighted by Gasteiger charge is 2.43.